The van der Waals surface area contributed by atoms with Crippen molar-refractivity contribution in [3.05, 3.63) is 23.3 Å². The van der Waals surface area contributed by atoms with Crippen molar-refractivity contribution in [2.75, 3.05) is 0 Å². The van der Waals surface area contributed by atoms with Crippen LogP contribution in [0.25, 0.3) is 0 Å². The maximum atomic E-state index is 12.2. The maximum Gasteiger partial charge on any atom is 0.163 e. The first-order valence-electron chi connectivity index (χ1n) is 6.82. The Morgan fingerprint density at radius 2 is 1.33 bits per heavy atom. The highest BCUT2D eigenvalue weighted by atomic mass is 28.3. The van der Waals surface area contributed by atoms with Gasteiger partial charge in [0.05, 0.1) is 16.1 Å². The lowest BCUT2D eigenvalue weighted by atomic mass is 10.1. The van der Waals surface area contributed by atoms with Crippen LogP contribution < -0.4 is 10.4 Å². The van der Waals surface area contributed by atoms with Gasteiger partial charge in [0, 0.05) is 12.0 Å². The number of rotatable bonds is 2. The zero-order chi connectivity index (χ0) is 13.7. The molecule has 0 atom stereocenters. The second kappa shape index (κ2) is 4.17. The molecule has 0 amide bonds. The van der Waals surface area contributed by atoms with E-state index in [2.05, 4.69) is 51.4 Å². The Labute approximate surface area is 113 Å². The summed E-state index contributed by atoms with van der Waals surface area (Å²) in [4.78, 5) is 12.2. The molecule has 3 heteroatoms. The number of hydrogen-bond donors (Lipinski definition) is 0. The van der Waals surface area contributed by atoms with Crippen molar-refractivity contribution in [2.24, 2.45) is 0 Å². The second-order valence-electron chi connectivity index (χ2n) is 7.44. The summed E-state index contributed by atoms with van der Waals surface area (Å²) in [6, 6.07) is 4.60. The summed E-state index contributed by atoms with van der Waals surface area (Å²) in [7, 11) is -2.76. The van der Waals surface area contributed by atoms with Crippen molar-refractivity contribution in [2.45, 2.75) is 52.1 Å². The van der Waals surface area contributed by atoms with Crippen LogP contribution in [0.4, 0.5) is 0 Å². The van der Waals surface area contributed by atoms with Crippen LogP contribution in [0.2, 0.25) is 39.3 Å². The minimum atomic E-state index is -1.42. The van der Waals surface area contributed by atoms with Crippen molar-refractivity contribution < 1.29 is 4.79 Å². The first-order chi connectivity index (χ1) is 8.12. The van der Waals surface area contributed by atoms with Crippen molar-refractivity contribution in [3.8, 4) is 0 Å². The molecule has 0 unspecified atom stereocenters. The molecular weight excluding hydrogens is 252 g/mol. The van der Waals surface area contributed by atoms with Crippen LogP contribution in [-0.4, -0.2) is 21.9 Å². The average Bonchev–Trinajstić information content (AvgIpc) is 2.57. The van der Waals surface area contributed by atoms with E-state index in [9.17, 15) is 4.79 Å². The van der Waals surface area contributed by atoms with Gasteiger partial charge in [-0.2, -0.15) is 0 Å². The molecule has 0 radical (unpaired) electrons. The molecular formula is C15H24OSi2. The second-order valence-corrected chi connectivity index (χ2v) is 17.5. The lowest BCUT2D eigenvalue weighted by molar-refractivity contribution is 0.0995. The minimum absolute atomic E-state index is 0.391. The Bertz CT molecular complexity index is 504. The van der Waals surface area contributed by atoms with Gasteiger partial charge in [-0.25, -0.2) is 0 Å². The van der Waals surface area contributed by atoms with Crippen LogP contribution >= 0.6 is 0 Å². The van der Waals surface area contributed by atoms with Crippen molar-refractivity contribution >= 4 is 32.3 Å². The molecule has 2 rings (SSSR count). The minimum Gasteiger partial charge on any atom is -0.294 e. The van der Waals surface area contributed by atoms with Gasteiger partial charge in [0.1, 0.15) is 0 Å². The Hall–Kier alpha value is -0.676. The predicted molar refractivity (Wildman–Crippen MR) is 85.1 cm³/mol. The fraction of sp³-hybridized carbons (Fsp3) is 0.533. The van der Waals surface area contributed by atoms with Crippen LogP contribution in [0.3, 0.4) is 0 Å². The molecule has 0 spiro atoms. The number of hydrogen-bond acceptors (Lipinski definition) is 1. The van der Waals surface area contributed by atoms with E-state index in [1.165, 1.54) is 15.9 Å². The van der Waals surface area contributed by atoms with Gasteiger partial charge in [-0.3, -0.25) is 4.79 Å². The number of carbonyl (C=O) groups excluding carboxylic acids is 1. The van der Waals surface area contributed by atoms with Gasteiger partial charge in [-0.05, 0) is 17.2 Å². The number of Topliss-reactive ketones (excluding diaryl/α,β-unsaturated/α-hetero) is 1. The number of benzene rings is 1. The van der Waals surface area contributed by atoms with Gasteiger partial charge in [0.25, 0.3) is 0 Å². The van der Waals surface area contributed by atoms with E-state index in [1.807, 2.05) is 0 Å². The SMILES string of the molecule is C[Si](C)(C)c1ccc([Si](C)(C)C)c2c1CCC2=O. The van der Waals surface area contributed by atoms with E-state index in [1.54, 1.807) is 0 Å². The van der Waals surface area contributed by atoms with E-state index in [4.69, 9.17) is 0 Å². The fourth-order valence-corrected chi connectivity index (χ4v) is 6.28. The summed E-state index contributed by atoms with van der Waals surface area (Å²) < 4.78 is 0. The normalized spacial score (nSPS) is 16.0. The Balaban J connectivity index is 2.72. The topological polar surface area (TPSA) is 17.1 Å². The van der Waals surface area contributed by atoms with E-state index < -0.39 is 16.1 Å². The van der Waals surface area contributed by atoms with Gasteiger partial charge in [0.2, 0.25) is 0 Å². The zero-order valence-electron chi connectivity index (χ0n) is 12.5. The molecule has 0 bridgehead atoms. The molecule has 0 N–H and O–H groups in total. The molecule has 1 aliphatic carbocycles. The summed E-state index contributed by atoms with van der Waals surface area (Å²) in [5.41, 5.74) is 2.52. The van der Waals surface area contributed by atoms with Crippen LogP contribution in [0.1, 0.15) is 22.3 Å². The monoisotopic (exact) mass is 276 g/mol. The third-order valence-corrected chi connectivity index (χ3v) is 7.93. The maximum absolute atomic E-state index is 12.2. The third kappa shape index (κ3) is 2.26. The Morgan fingerprint density at radius 1 is 0.833 bits per heavy atom. The summed E-state index contributed by atoms with van der Waals surface area (Å²) >= 11 is 0. The summed E-state index contributed by atoms with van der Waals surface area (Å²) in [5, 5.41) is 2.88. The van der Waals surface area contributed by atoms with Crippen LogP contribution in [0.15, 0.2) is 12.1 Å². The molecule has 1 aromatic carbocycles. The predicted octanol–water partition coefficient (Wildman–Crippen LogP) is 2.91. The zero-order valence-corrected chi connectivity index (χ0v) is 14.5. The van der Waals surface area contributed by atoms with E-state index in [-0.39, 0.29) is 0 Å². The van der Waals surface area contributed by atoms with Crippen LogP contribution in [0.5, 0.6) is 0 Å². The quantitative estimate of drug-likeness (QED) is 0.759. The molecule has 98 valence electrons. The molecule has 0 saturated carbocycles. The van der Waals surface area contributed by atoms with Gasteiger partial charge in [-0.1, -0.05) is 56.6 Å². The smallest absolute Gasteiger partial charge is 0.163 e. The van der Waals surface area contributed by atoms with Gasteiger partial charge >= 0.3 is 0 Å². The lowest BCUT2D eigenvalue weighted by Gasteiger charge is -2.25. The number of ketones is 1. The molecule has 0 aliphatic heterocycles. The largest absolute Gasteiger partial charge is 0.294 e. The molecule has 0 heterocycles. The molecule has 18 heavy (non-hydrogen) atoms. The van der Waals surface area contributed by atoms with Crippen LogP contribution in [-0.2, 0) is 6.42 Å². The van der Waals surface area contributed by atoms with Crippen molar-refractivity contribution in [1.82, 2.24) is 0 Å². The number of fused-ring (bicyclic) bond motifs is 1. The van der Waals surface area contributed by atoms with Gasteiger partial charge < -0.3 is 0 Å². The summed E-state index contributed by atoms with van der Waals surface area (Å²) in [6.07, 6.45) is 1.71. The van der Waals surface area contributed by atoms with Gasteiger partial charge in [0.15, 0.2) is 5.78 Å². The van der Waals surface area contributed by atoms with Crippen LogP contribution in [0, 0.1) is 0 Å². The molecule has 1 aromatic rings. The number of carbonyl (C=O) groups is 1. The fourth-order valence-electron chi connectivity index (χ4n) is 2.92. The van der Waals surface area contributed by atoms with E-state index in [0.29, 0.717) is 5.78 Å². The highest BCUT2D eigenvalue weighted by Gasteiger charge is 2.33. The standard InChI is InChI=1S/C15H24OSi2/c1-17(2,3)13-9-10-14(18(4,5)6)15-11(13)7-8-12(15)16/h9-10H,7-8H2,1-6H3. The highest BCUT2D eigenvalue weighted by Crippen LogP contribution is 2.23. The molecule has 1 aliphatic rings. The van der Waals surface area contributed by atoms with E-state index >= 15 is 0 Å². The Morgan fingerprint density at radius 3 is 1.83 bits per heavy atom. The average molecular weight is 277 g/mol. The molecule has 1 nitrogen and oxygen atoms in total. The molecule has 0 aromatic heterocycles. The Kier molecular flexibility index (Phi) is 3.18. The molecule has 0 fully saturated rings. The third-order valence-electron chi connectivity index (χ3n) is 3.81. The van der Waals surface area contributed by atoms with E-state index in [0.717, 1.165) is 18.4 Å². The summed E-state index contributed by atoms with van der Waals surface area (Å²) in [5.74, 6) is 0.391. The van der Waals surface area contributed by atoms with Crippen molar-refractivity contribution in [1.29, 1.82) is 0 Å². The highest BCUT2D eigenvalue weighted by molar-refractivity contribution is 6.91. The molecule has 0 saturated heterocycles. The van der Waals surface area contributed by atoms with Crippen molar-refractivity contribution in [3.63, 3.8) is 0 Å². The first-order valence-corrected chi connectivity index (χ1v) is 13.8. The first kappa shape index (κ1) is 13.7. The summed E-state index contributed by atoms with van der Waals surface area (Å²) in [6.45, 7) is 14.1. The lowest BCUT2D eigenvalue weighted by Crippen LogP contribution is -2.46. The van der Waals surface area contributed by atoms with Gasteiger partial charge in [-0.15, -0.1) is 0 Å².